The molecule has 0 spiro atoms. The number of benzene rings is 1. The van der Waals surface area contributed by atoms with Crippen molar-refractivity contribution in [3.63, 3.8) is 0 Å². The number of rotatable bonds is 2. The average Bonchev–Trinajstić information content (AvgIpc) is 2.82. The predicted octanol–water partition coefficient (Wildman–Crippen LogP) is 3.73. The molecule has 0 heterocycles. The maximum atomic E-state index is 12.8. The van der Waals surface area contributed by atoms with Crippen LogP contribution in [0.2, 0.25) is 25.2 Å². The third-order valence-corrected chi connectivity index (χ3v) is 6.16. The van der Waals surface area contributed by atoms with Gasteiger partial charge < -0.3 is 5.11 Å². The van der Waals surface area contributed by atoms with Gasteiger partial charge in [0, 0.05) is 14.1 Å². The van der Waals surface area contributed by atoms with Gasteiger partial charge in [0.1, 0.15) is 11.6 Å². The molecular formula is C12H17FOSi. The Morgan fingerprint density at radius 3 is 2.47 bits per heavy atom. The number of hydrogen-bond donors (Lipinski definition) is 1. The Balaban J connectivity index is 2.20. The van der Waals surface area contributed by atoms with Gasteiger partial charge in [-0.1, -0.05) is 25.7 Å². The van der Waals surface area contributed by atoms with Crippen LogP contribution < -0.4 is 0 Å². The minimum Gasteiger partial charge on any atom is -0.508 e. The quantitative estimate of drug-likeness (QED) is 0.759. The molecule has 1 aliphatic carbocycles. The summed E-state index contributed by atoms with van der Waals surface area (Å²) in [6, 6.07) is 4.39. The van der Waals surface area contributed by atoms with E-state index < -0.39 is 8.07 Å². The van der Waals surface area contributed by atoms with Gasteiger partial charge in [-0.2, -0.15) is 0 Å². The van der Waals surface area contributed by atoms with Crippen molar-refractivity contribution in [1.82, 2.24) is 0 Å². The molecule has 1 nitrogen and oxygen atoms in total. The number of phenols is 1. The molecule has 0 aliphatic heterocycles. The zero-order valence-electron chi connectivity index (χ0n) is 9.42. The molecule has 0 unspecified atom stereocenters. The maximum Gasteiger partial charge on any atom is 0.126 e. The summed E-state index contributed by atoms with van der Waals surface area (Å²) < 4.78 is 12.8. The van der Waals surface area contributed by atoms with E-state index in [4.69, 9.17) is 0 Å². The maximum absolute atomic E-state index is 12.8. The monoisotopic (exact) mass is 224 g/mol. The molecule has 3 heteroatoms. The number of phenolic OH excluding ortho intramolecular Hbond substituents is 1. The van der Waals surface area contributed by atoms with E-state index in [1.165, 1.54) is 12.1 Å². The van der Waals surface area contributed by atoms with Gasteiger partial charge in [-0.25, -0.2) is 4.39 Å². The first-order valence-corrected chi connectivity index (χ1v) is 8.96. The zero-order chi connectivity index (χ0) is 11.2. The smallest absolute Gasteiger partial charge is 0.126 e. The molecule has 82 valence electrons. The number of hydrogen-bond acceptors (Lipinski definition) is 1. The molecule has 0 saturated heterocycles. The van der Waals surface area contributed by atoms with E-state index in [1.807, 2.05) is 0 Å². The van der Waals surface area contributed by atoms with E-state index in [-0.39, 0.29) is 11.6 Å². The predicted molar refractivity (Wildman–Crippen MR) is 62.5 cm³/mol. The van der Waals surface area contributed by atoms with Crippen LogP contribution in [0.4, 0.5) is 4.39 Å². The molecule has 1 aromatic carbocycles. The summed E-state index contributed by atoms with van der Waals surface area (Å²) in [6.07, 6.45) is 1.16. The van der Waals surface area contributed by atoms with Crippen LogP contribution >= 0.6 is 0 Å². The molecule has 0 bridgehead atoms. The second-order valence-electron chi connectivity index (χ2n) is 5.52. The van der Waals surface area contributed by atoms with Crippen molar-refractivity contribution < 1.29 is 9.50 Å². The van der Waals surface area contributed by atoms with Crippen molar-refractivity contribution in [2.45, 2.75) is 37.5 Å². The molecule has 1 N–H and O–H groups in total. The summed E-state index contributed by atoms with van der Waals surface area (Å²) in [5.41, 5.74) is 1.68. The molecule has 0 radical (unpaired) electrons. The van der Waals surface area contributed by atoms with Crippen molar-refractivity contribution in [1.29, 1.82) is 0 Å². The lowest BCUT2D eigenvalue weighted by Crippen LogP contribution is -2.20. The van der Waals surface area contributed by atoms with Crippen LogP contribution in [0.1, 0.15) is 17.9 Å². The Morgan fingerprint density at radius 1 is 1.33 bits per heavy atom. The Bertz CT molecular complexity index is 384. The van der Waals surface area contributed by atoms with E-state index in [0.717, 1.165) is 17.5 Å². The molecule has 2 atom stereocenters. The van der Waals surface area contributed by atoms with Crippen LogP contribution in [-0.4, -0.2) is 13.2 Å². The summed E-state index contributed by atoms with van der Waals surface area (Å²) in [7, 11) is -1.11. The van der Waals surface area contributed by atoms with Crippen LogP contribution in [0.5, 0.6) is 5.75 Å². The molecule has 1 aliphatic rings. The molecule has 0 amide bonds. The molecule has 1 saturated carbocycles. The second-order valence-corrected chi connectivity index (χ2v) is 11.0. The molecule has 1 fully saturated rings. The third kappa shape index (κ3) is 2.07. The Kier molecular flexibility index (Phi) is 2.38. The molecular weight excluding hydrogens is 207 g/mol. The van der Waals surface area contributed by atoms with Crippen molar-refractivity contribution in [2.75, 3.05) is 0 Å². The van der Waals surface area contributed by atoms with E-state index in [2.05, 4.69) is 19.6 Å². The van der Waals surface area contributed by atoms with Gasteiger partial charge in [0.15, 0.2) is 0 Å². The Labute approximate surface area is 91.0 Å². The fraction of sp³-hybridized carbons (Fsp3) is 0.500. The summed E-state index contributed by atoms with van der Waals surface area (Å²) >= 11 is 0. The second kappa shape index (κ2) is 3.34. The van der Waals surface area contributed by atoms with E-state index in [1.54, 1.807) is 6.07 Å². The lowest BCUT2D eigenvalue weighted by atomic mass is 10.1. The molecule has 0 aromatic heterocycles. The van der Waals surface area contributed by atoms with Gasteiger partial charge in [-0.15, -0.1) is 0 Å². The van der Waals surface area contributed by atoms with Gasteiger partial charge in [0.2, 0.25) is 0 Å². The molecule has 1 aromatic rings. The van der Waals surface area contributed by atoms with Crippen LogP contribution in [0.3, 0.4) is 0 Å². The third-order valence-electron chi connectivity index (χ3n) is 3.29. The molecule has 15 heavy (non-hydrogen) atoms. The average molecular weight is 224 g/mol. The Morgan fingerprint density at radius 2 is 2.00 bits per heavy atom. The zero-order valence-corrected chi connectivity index (χ0v) is 10.4. The highest BCUT2D eigenvalue weighted by Gasteiger charge is 2.47. The molecule has 2 rings (SSSR count). The lowest BCUT2D eigenvalue weighted by molar-refractivity contribution is 0.462. The summed E-state index contributed by atoms with van der Waals surface area (Å²) in [4.78, 5) is 0. The highest BCUT2D eigenvalue weighted by Crippen LogP contribution is 2.59. The van der Waals surface area contributed by atoms with Crippen LogP contribution in [-0.2, 0) is 0 Å². The van der Waals surface area contributed by atoms with E-state index in [9.17, 15) is 9.50 Å². The van der Waals surface area contributed by atoms with Gasteiger partial charge in [-0.3, -0.25) is 0 Å². The van der Waals surface area contributed by atoms with Gasteiger partial charge in [0.25, 0.3) is 0 Å². The fourth-order valence-corrected chi connectivity index (χ4v) is 4.67. The standard InChI is InChI=1S/C12H17FOSi/c1-15(2,3)12-7-10(12)9-5-4-8(13)6-11(9)14/h4-6,10,12,14H,7H2,1-3H3/t10-,12+/m0/s1. The fourth-order valence-electron chi connectivity index (χ4n) is 2.33. The van der Waals surface area contributed by atoms with Crippen LogP contribution in [0, 0.1) is 5.82 Å². The first-order chi connectivity index (χ1) is 6.89. The van der Waals surface area contributed by atoms with Crippen molar-refractivity contribution in [2.24, 2.45) is 0 Å². The SMILES string of the molecule is C[Si](C)(C)[C@@H]1C[C@H]1c1ccc(F)cc1O. The lowest BCUT2D eigenvalue weighted by Gasteiger charge is -2.15. The number of aromatic hydroxyl groups is 1. The van der Waals surface area contributed by atoms with Crippen molar-refractivity contribution in [3.05, 3.63) is 29.6 Å². The van der Waals surface area contributed by atoms with Crippen LogP contribution in [0.15, 0.2) is 18.2 Å². The highest BCUT2D eigenvalue weighted by molar-refractivity contribution is 6.78. The topological polar surface area (TPSA) is 20.2 Å². The normalized spacial score (nSPS) is 25.3. The Hall–Kier alpha value is -0.833. The number of halogens is 1. The minimum atomic E-state index is -1.11. The minimum absolute atomic E-state index is 0.126. The first kappa shape index (κ1) is 10.7. The van der Waals surface area contributed by atoms with E-state index in [0.29, 0.717) is 5.92 Å². The highest BCUT2D eigenvalue weighted by atomic mass is 28.3. The van der Waals surface area contributed by atoms with Gasteiger partial charge >= 0.3 is 0 Å². The van der Waals surface area contributed by atoms with Crippen LogP contribution in [0.25, 0.3) is 0 Å². The summed E-state index contributed by atoms with van der Waals surface area (Å²) in [5, 5.41) is 9.66. The largest absolute Gasteiger partial charge is 0.508 e. The van der Waals surface area contributed by atoms with Gasteiger partial charge in [0.05, 0.1) is 0 Å². The summed E-state index contributed by atoms with van der Waals surface area (Å²) in [5.74, 6) is 0.236. The first-order valence-electron chi connectivity index (χ1n) is 5.38. The summed E-state index contributed by atoms with van der Waals surface area (Å²) in [6.45, 7) is 7.04. The van der Waals surface area contributed by atoms with E-state index >= 15 is 0 Å². The van der Waals surface area contributed by atoms with Crippen molar-refractivity contribution >= 4 is 8.07 Å². The van der Waals surface area contributed by atoms with Gasteiger partial charge in [-0.05, 0) is 29.5 Å². The van der Waals surface area contributed by atoms with Crippen molar-refractivity contribution in [3.8, 4) is 5.75 Å².